The summed E-state index contributed by atoms with van der Waals surface area (Å²) in [6.07, 6.45) is 10.0. The molecule has 1 saturated carbocycles. The highest BCUT2D eigenvalue weighted by molar-refractivity contribution is 5.67. The van der Waals surface area contributed by atoms with Gasteiger partial charge in [0.15, 0.2) is 0 Å². The Morgan fingerprint density at radius 2 is 1.55 bits per heavy atom. The highest BCUT2D eigenvalue weighted by Crippen LogP contribution is 2.29. The van der Waals surface area contributed by atoms with Crippen LogP contribution >= 0.6 is 0 Å². The third kappa shape index (κ3) is 7.66. The first kappa shape index (κ1) is 21.6. The summed E-state index contributed by atoms with van der Waals surface area (Å²) in [4.78, 5) is 14.1. The van der Waals surface area contributed by atoms with Gasteiger partial charge in [0, 0.05) is 19.1 Å². The molecule has 3 nitrogen and oxygen atoms in total. The zero-order valence-electron chi connectivity index (χ0n) is 17.5. The van der Waals surface area contributed by atoms with E-state index in [4.69, 9.17) is 0 Å². The largest absolute Gasteiger partial charge is 0.481 e. The van der Waals surface area contributed by atoms with E-state index in [1.54, 1.807) is 0 Å². The van der Waals surface area contributed by atoms with Crippen molar-refractivity contribution in [2.45, 2.75) is 70.4 Å². The highest BCUT2D eigenvalue weighted by Gasteiger charge is 2.24. The number of carboxylic acids is 1. The van der Waals surface area contributed by atoms with Crippen molar-refractivity contribution in [3.63, 3.8) is 0 Å². The van der Waals surface area contributed by atoms with Crippen molar-refractivity contribution < 1.29 is 9.90 Å². The summed E-state index contributed by atoms with van der Waals surface area (Å²) < 4.78 is 0. The van der Waals surface area contributed by atoms with Crippen molar-refractivity contribution in [3.05, 3.63) is 71.8 Å². The molecular weight excluding hydrogens is 358 g/mol. The summed E-state index contributed by atoms with van der Waals surface area (Å²) in [6, 6.07) is 21.1. The van der Waals surface area contributed by atoms with Gasteiger partial charge >= 0.3 is 5.97 Å². The molecule has 1 atom stereocenters. The predicted octanol–water partition coefficient (Wildman–Crippen LogP) is 5.94. The second-order valence-corrected chi connectivity index (χ2v) is 8.52. The highest BCUT2D eigenvalue weighted by atomic mass is 16.4. The van der Waals surface area contributed by atoms with Crippen molar-refractivity contribution in [3.8, 4) is 0 Å². The minimum Gasteiger partial charge on any atom is -0.481 e. The maximum Gasteiger partial charge on any atom is 0.304 e. The van der Waals surface area contributed by atoms with Crippen LogP contribution in [0.15, 0.2) is 60.7 Å². The molecule has 0 aromatic heterocycles. The molecule has 0 bridgehead atoms. The van der Waals surface area contributed by atoms with Gasteiger partial charge < -0.3 is 5.11 Å². The number of carboxylic acid groups (broad SMARTS) is 1. The van der Waals surface area contributed by atoms with E-state index in [1.165, 1.54) is 43.2 Å². The summed E-state index contributed by atoms with van der Waals surface area (Å²) in [7, 11) is 0. The maximum atomic E-state index is 11.7. The number of benzene rings is 2. The summed E-state index contributed by atoms with van der Waals surface area (Å²) in [5.74, 6) is 0.101. The molecule has 1 aliphatic rings. The van der Waals surface area contributed by atoms with Crippen LogP contribution in [0.4, 0.5) is 0 Å². The third-order valence-electron chi connectivity index (χ3n) is 6.32. The molecule has 0 heterocycles. The first-order chi connectivity index (χ1) is 14.2. The van der Waals surface area contributed by atoms with E-state index in [1.807, 2.05) is 12.1 Å². The van der Waals surface area contributed by atoms with Crippen LogP contribution < -0.4 is 0 Å². The average molecular weight is 394 g/mol. The van der Waals surface area contributed by atoms with Gasteiger partial charge in [0.05, 0.1) is 6.42 Å². The first-order valence-corrected chi connectivity index (χ1v) is 11.2. The minimum absolute atomic E-state index is 0.0957. The molecule has 2 aromatic carbocycles. The Kier molecular flexibility index (Phi) is 8.76. The summed E-state index contributed by atoms with van der Waals surface area (Å²) in [5.41, 5.74) is 2.57. The van der Waals surface area contributed by atoms with Gasteiger partial charge in [-0.15, -0.1) is 0 Å². The molecule has 0 unspecified atom stereocenters. The fourth-order valence-electron chi connectivity index (χ4n) is 4.65. The molecule has 29 heavy (non-hydrogen) atoms. The molecule has 1 N–H and O–H groups in total. The van der Waals surface area contributed by atoms with Crippen molar-refractivity contribution in [1.82, 2.24) is 4.90 Å². The number of hydrogen-bond donors (Lipinski definition) is 1. The summed E-state index contributed by atoms with van der Waals surface area (Å²) in [5, 5.41) is 9.59. The van der Waals surface area contributed by atoms with Crippen LogP contribution in [0.5, 0.6) is 0 Å². The van der Waals surface area contributed by atoms with Crippen LogP contribution in [0.3, 0.4) is 0 Å². The van der Waals surface area contributed by atoms with E-state index in [0.29, 0.717) is 0 Å². The van der Waals surface area contributed by atoms with Crippen molar-refractivity contribution in [2.24, 2.45) is 5.92 Å². The first-order valence-electron chi connectivity index (χ1n) is 11.2. The number of hydrogen-bond acceptors (Lipinski definition) is 2. The van der Waals surface area contributed by atoms with Gasteiger partial charge in [-0.3, -0.25) is 9.69 Å². The van der Waals surface area contributed by atoms with Crippen LogP contribution in [0.25, 0.3) is 0 Å². The average Bonchev–Trinajstić information content (AvgIpc) is 2.76. The Morgan fingerprint density at radius 1 is 0.931 bits per heavy atom. The molecule has 1 fully saturated rings. The third-order valence-corrected chi connectivity index (χ3v) is 6.32. The fourth-order valence-corrected chi connectivity index (χ4v) is 4.65. The van der Waals surface area contributed by atoms with Gasteiger partial charge in [-0.2, -0.15) is 0 Å². The van der Waals surface area contributed by atoms with Crippen molar-refractivity contribution >= 4 is 5.97 Å². The molecule has 1 aliphatic carbocycles. The van der Waals surface area contributed by atoms with Gasteiger partial charge in [-0.05, 0) is 36.3 Å². The molecule has 0 spiro atoms. The smallest absolute Gasteiger partial charge is 0.304 e. The van der Waals surface area contributed by atoms with Crippen LogP contribution in [0, 0.1) is 5.92 Å². The zero-order chi connectivity index (χ0) is 20.3. The number of nitrogens with zero attached hydrogens (tertiary/aromatic N) is 1. The predicted molar refractivity (Wildman–Crippen MR) is 119 cm³/mol. The van der Waals surface area contributed by atoms with Gasteiger partial charge in [0.25, 0.3) is 0 Å². The van der Waals surface area contributed by atoms with Crippen LogP contribution in [0.1, 0.15) is 62.5 Å². The number of rotatable bonds is 11. The van der Waals surface area contributed by atoms with Crippen molar-refractivity contribution in [1.29, 1.82) is 0 Å². The second kappa shape index (κ2) is 11.8. The molecule has 156 valence electrons. The molecule has 3 rings (SSSR count). The topological polar surface area (TPSA) is 40.5 Å². The monoisotopic (exact) mass is 393 g/mol. The molecule has 2 aromatic rings. The van der Waals surface area contributed by atoms with Gasteiger partial charge in [0.1, 0.15) is 0 Å². The van der Waals surface area contributed by atoms with E-state index in [-0.39, 0.29) is 12.5 Å². The Hall–Kier alpha value is -2.13. The molecule has 0 radical (unpaired) electrons. The molecule has 3 heteroatoms. The zero-order valence-corrected chi connectivity index (χ0v) is 17.5. The Balaban J connectivity index is 1.69. The molecule has 0 amide bonds. The standard InChI is InChI=1S/C26H35NO2/c28-26(29)20-25(17-16-22-10-4-1-5-11-22)27(21-24-14-8-3-9-15-24)19-18-23-12-6-2-7-13-23/h2-3,6-9,12-15,22,25H,1,4-5,10-11,16-21H2,(H,28,29)/t25-/m0/s1. The Morgan fingerprint density at radius 3 is 2.17 bits per heavy atom. The lowest BCUT2D eigenvalue weighted by Crippen LogP contribution is -2.38. The van der Waals surface area contributed by atoms with E-state index >= 15 is 0 Å². The fraction of sp³-hybridized carbons (Fsp3) is 0.500. The van der Waals surface area contributed by atoms with Crippen LogP contribution in [-0.2, 0) is 17.8 Å². The lowest BCUT2D eigenvalue weighted by molar-refractivity contribution is -0.138. The van der Waals surface area contributed by atoms with Gasteiger partial charge in [0.2, 0.25) is 0 Å². The Bertz CT molecular complexity index is 710. The normalized spacial score (nSPS) is 16.0. The maximum absolute atomic E-state index is 11.7. The SMILES string of the molecule is O=C(O)C[C@H](CCC1CCCCC1)N(CCc1ccccc1)Cc1ccccc1. The number of carbonyl (C=O) groups is 1. The van der Waals surface area contributed by atoms with Crippen LogP contribution in [-0.4, -0.2) is 28.6 Å². The van der Waals surface area contributed by atoms with Gasteiger partial charge in [-0.25, -0.2) is 0 Å². The van der Waals surface area contributed by atoms with Crippen LogP contribution in [0.2, 0.25) is 0 Å². The van der Waals surface area contributed by atoms with E-state index < -0.39 is 5.97 Å². The van der Waals surface area contributed by atoms with Crippen molar-refractivity contribution in [2.75, 3.05) is 6.54 Å². The Labute approximate surface area is 175 Å². The minimum atomic E-state index is -0.684. The van der Waals surface area contributed by atoms with E-state index in [9.17, 15) is 9.90 Å². The summed E-state index contributed by atoms with van der Waals surface area (Å²) >= 11 is 0. The molecular formula is C26H35NO2. The lowest BCUT2D eigenvalue weighted by Gasteiger charge is -2.33. The number of aliphatic carboxylic acids is 1. The molecule has 0 saturated heterocycles. The quantitative estimate of drug-likeness (QED) is 0.514. The molecule has 0 aliphatic heterocycles. The summed E-state index contributed by atoms with van der Waals surface area (Å²) in [6.45, 7) is 1.71. The van der Waals surface area contributed by atoms with E-state index in [2.05, 4.69) is 53.4 Å². The second-order valence-electron chi connectivity index (χ2n) is 8.52. The lowest BCUT2D eigenvalue weighted by atomic mass is 9.84. The van der Waals surface area contributed by atoms with E-state index in [0.717, 1.165) is 38.3 Å². The van der Waals surface area contributed by atoms with Gasteiger partial charge in [-0.1, -0.05) is 92.8 Å².